The Bertz CT molecular complexity index is 900. The van der Waals surface area contributed by atoms with Crippen molar-refractivity contribution >= 4 is 37.5 Å². The van der Waals surface area contributed by atoms with Crippen molar-refractivity contribution < 1.29 is 26.4 Å². The molecule has 0 heterocycles. The molecule has 1 amide bonds. The van der Waals surface area contributed by atoms with Gasteiger partial charge in [-0.15, -0.1) is 0 Å². The SMILES string of the molecule is C[C@H](NS(=O)(=O)c1ccc(Br)cc1)C(=O)Nc1cccc(C(F)(F)F)c1. The second-order valence-electron chi connectivity index (χ2n) is 5.36. The summed E-state index contributed by atoms with van der Waals surface area (Å²) < 4.78 is 65.4. The monoisotopic (exact) mass is 450 g/mol. The number of carbonyl (C=O) groups excluding carboxylic acids is 1. The fourth-order valence-corrected chi connectivity index (χ4v) is 3.46. The quantitative estimate of drug-likeness (QED) is 0.727. The average Bonchev–Trinajstić information content (AvgIpc) is 2.54. The summed E-state index contributed by atoms with van der Waals surface area (Å²) in [5.74, 6) is -0.787. The summed E-state index contributed by atoms with van der Waals surface area (Å²) in [5, 5.41) is 2.26. The number of hydrogen-bond donors (Lipinski definition) is 2. The van der Waals surface area contributed by atoms with Crippen LogP contribution in [-0.4, -0.2) is 20.4 Å². The molecule has 0 bridgehead atoms. The van der Waals surface area contributed by atoms with Gasteiger partial charge in [-0.25, -0.2) is 8.42 Å². The van der Waals surface area contributed by atoms with Crippen LogP contribution in [0.1, 0.15) is 12.5 Å². The Kier molecular flexibility index (Phi) is 6.09. The number of halogens is 4. The second kappa shape index (κ2) is 7.77. The van der Waals surface area contributed by atoms with Crippen LogP contribution in [0.25, 0.3) is 0 Å². The molecule has 2 N–H and O–H groups in total. The molecular weight excluding hydrogens is 437 g/mol. The lowest BCUT2D eigenvalue weighted by molar-refractivity contribution is -0.137. The molecule has 0 aliphatic rings. The van der Waals surface area contributed by atoms with E-state index in [0.29, 0.717) is 4.47 Å². The molecule has 2 aromatic rings. The summed E-state index contributed by atoms with van der Waals surface area (Å²) in [6.07, 6.45) is -4.55. The second-order valence-corrected chi connectivity index (χ2v) is 7.99. The molecule has 10 heteroatoms. The van der Waals surface area contributed by atoms with Crippen LogP contribution in [0.15, 0.2) is 57.9 Å². The summed E-state index contributed by atoms with van der Waals surface area (Å²) in [6, 6.07) is 8.64. The molecule has 140 valence electrons. The van der Waals surface area contributed by atoms with Gasteiger partial charge in [-0.3, -0.25) is 4.79 Å². The van der Waals surface area contributed by atoms with Crippen molar-refractivity contribution in [2.75, 3.05) is 5.32 Å². The highest BCUT2D eigenvalue weighted by Crippen LogP contribution is 2.30. The van der Waals surface area contributed by atoms with Crippen molar-refractivity contribution in [2.24, 2.45) is 0 Å². The van der Waals surface area contributed by atoms with E-state index in [1.807, 2.05) is 0 Å². The third-order valence-electron chi connectivity index (χ3n) is 3.31. The van der Waals surface area contributed by atoms with Gasteiger partial charge >= 0.3 is 6.18 Å². The number of sulfonamides is 1. The summed E-state index contributed by atoms with van der Waals surface area (Å²) >= 11 is 3.18. The lowest BCUT2D eigenvalue weighted by atomic mass is 10.2. The molecule has 0 aliphatic heterocycles. The Hall–Kier alpha value is -1.91. The van der Waals surface area contributed by atoms with Crippen LogP contribution in [-0.2, 0) is 21.0 Å². The minimum Gasteiger partial charge on any atom is -0.325 e. The first-order valence-electron chi connectivity index (χ1n) is 7.25. The average molecular weight is 451 g/mol. The Morgan fingerprint density at radius 1 is 1.12 bits per heavy atom. The molecule has 5 nitrogen and oxygen atoms in total. The van der Waals surface area contributed by atoms with Crippen LogP contribution in [0, 0.1) is 0 Å². The number of nitrogens with one attached hydrogen (secondary N) is 2. The molecule has 0 radical (unpaired) electrons. The maximum atomic E-state index is 12.7. The molecule has 0 spiro atoms. The number of carbonyl (C=O) groups is 1. The molecule has 2 rings (SSSR count). The van der Waals surface area contributed by atoms with E-state index in [1.165, 1.54) is 37.3 Å². The molecule has 0 saturated heterocycles. The third-order valence-corrected chi connectivity index (χ3v) is 5.39. The molecule has 26 heavy (non-hydrogen) atoms. The van der Waals surface area contributed by atoms with Crippen LogP contribution in [0.3, 0.4) is 0 Å². The van der Waals surface area contributed by atoms with Crippen molar-refractivity contribution in [1.82, 2.24) is 4.72 Å². The first-order valence-corrected chi connectivity index (χ1v) is 9.53. The number of rotatable bonds is 5. The van der Waals surface area contributed by atoms with Crippen molar-refractivity contribution in [1.29, 1.82) is 0 Å². The Balaban J connectivity index is 2.09. The van der Waals surface area contributed by atoms with E-state index in [-0.39, 0.29) is 10.6 Å². The van der Waals surface area contributed by atoms with Gasteiger partial charge in [-0.2, -0.15) is 17.9 Å². The maximum Gasteiger partial charge on any atom is 0.416 e. The van der Waals surface area contributed by atoms with Crippen LogP contribution >= 0.6 is 15.9 Å². The highest BCUT2D eigenvalue weighted by atomic mass is 79.9. The normalized spacial score (nSPS) is 13.3. The van der Waals surface area contributed by atoms with E-state index in [2.05, 4.69) is 26.0 Å². The predicted molar refractivity (Wildman–Crippen MR) is 94.0 cm³/mol. The lowest BCUT2D eigenvalue weighted by Gasteiger charge is -2.15. The topological polar surface area (TPSA) is 75.3 Å². The maximum absolute atomic E-state index is 12.7. The van der Waals surface area contributed by atoms with Crippen LogP contribution < -0.4 is 10.0 Å². The molecule has 0 saturated carbocycles. The highest BCUT2D eigenvalue weighted by molar-refractivity contribution is 9.10. The van der Waals surface area contributed by atoms with Crippen molar-refractivity contribution in [3.63, 3.8) is 0 Å². The van der Waals surface area contributed by atoms with Gasteiger partial charge in [-0.05, 0) is 49.4 Å². The molecule has 0 aromatic heterocycles. The summed E-state index contributed by atoms with van der Waals surface area (Å²) in [4.78, 5) is 12.1. The van der Waals surface area contributed by atoms with Gasteiger partial charge in [0.05, 0.1) is 16.5 Å². The van der Waals surface area contributed by atoms with E-state index >= 15 is 0 Å². The first-order chi connectivity index (χ1) is 12.0. The van der Waals surface area contributed by atoms with Gasteiger partial charge in [-0.1, -0.05) is 22.0 Å². The van der Waals surface area contributed by atoms with Crippen LogP contribution in [0.5, 0.6) is 0 Å². The lowest BCUT2D eigenvalue weighted by Crippen LogP contribution is -2.41. The summed E-state index contributed by atoms with van der Waals surface area (Å²) in [7, 11) is -3.96. The Morgan fingerprint density at radius 2 is 1.73 bits per heavy atom. The molecule has 0 fully saturated rings. The van der Waals surface area contributed by atoms with E-state index in [4.69, 9.17) is 0 Å². The molecule has 0 aliphatic carbocycles. The van der Waals surface area contributed by atoms with Crippen LogP contribution in [0.2, 0.25) is 0 Å². The smallest absolute Gasteiger partial charge is 0.325 e. The minimum absolute atomic E-state index is 0.0422. The highest BCUT2D eigenvalue weighted by Gasteiger charge is 2.30. The molecule has 1 atom stereocenters. The zero-order valence-electron chi connectivity index (χ0n) is 13.3. The van der Waals surface area contributed by atoms with Crippen molar-refractivity contribution in [3.8, 4) is 0 Å². The molecule has 0 unspecified atom stereocenters. The first kappa shape index (κ1) is 20.4. The fourth-order valence-electron chi connectivity index (χ4n) is 1.99. The fraction of sp³-hybridized carbons (Fsp3) is 0.188. The van der Waals surface area contributed by atoms with Gasteiger partial charge < -0.3 is 5.32 Å². The summed E-state index contributed by atoms with van der Waals surface area (Å²) in [6.45, 7) is 1.29. The molecule has 2 aromatic carbocycles. The third kappa shape index (κ3) is 5.29. The van der Waals surface area contributed by atoms with Crippen LogP contribution in [0.4, 0.5) is 18.9 Å². The van der Waals surface area contributed by atoms with E-state index < -0.39 is 33.7 Å². The predicted octanol–water partition coefficient (Wildman–Crippen LogP) is 3.77. The number of alkyl halides is 3. The number of benzene rings is 2. The zero-order valence-corrected chi connectivity index (χ0v) is 15.7. The molecular formula is C16H14BrF3N2O3S. The van der Waals surface area contributed by atoms with Gasteiger partial charge in [0.25, 0.3) is 0 Å². The number of amides is 1. The van der Waals surface area contributed by atoms with E-state index in [1.54, 1.807) is 0 Å². The standard InChI is InChI=1S/C16H14BrF3N2O3S/c1-10(22-26(24,25)14-7-5-12(17)6-8-14)15(23)21-13-4-2-3-11(9-13)16(18,19)20/h2-10,22H,1H3,(H,21,23)/t10-/m0/s1. The number of anilines is 1. The minimum atomic E-state index is -4.55. The zero-order chi connectivity index (χ0) is 19.5. The van der Waals surface area contributed by atoms with E-state index in [0.717, 1.165) is 18.2 Å². The Morgan fingerprint density at radius 3 is 2.31 bits per heavy atom. The van der Waals surface area contributed by atoms with Gasteiger partial charge in [0.15, 0.2) is 0 Å². The van der Waals surface area contributed by atoms with Gasteiger partial charge in [0.1, 0.15) is 0 Å². The van der Waals surface area contributed by atoms with Gasteiger partial charge in [0, 0.05) is 10.2 Å². The van der Waals surface area contributed by atoms with E-state index in [9.17, 15) is 26.4 Å². The largest absolute Gasteiger partial charge is 0.416 e. The summed E-state index contributed by atoms with van der Waals surface area (Å²) in [5.41, 5.74) is -1.00. The van der Waals surface area contributed by atoms with Crippen molar-refractivity contribution in [2.45, 2.75) is 24.0 Å². The Labute approximate surface area is 156 Å². The number of hydrogen-bond acceptors (Lipinski definition) is 3. The van der Waals surface area contributed by atoms with Crippen molar-refractivity contribution in [3.05, 3.63) is 58.6 Å². The van der Waals surface area contributed by atoms with Gasteiger partial charge in [0.2, 0.25) is 15.9 Å².